The lowest BCUT2D eigenvalue weighted by Crippen LogP contribution is -2.24. The van der Waals surface area contributed by atoms with E-state index in [4.69, 9.17) is 0 Å². The monoisotopic (exact) mass is 248 g/mol. The predicted octanol–water partition coefficient (Wildman–Crippen LogP) is 3.39. The maximum atomic E-state index is 4.44. The largest absolute Gasteiger partial charge is 0.373 e. The van der Waals surface area contributed by atoms with Crippen LogP contribution in [0.1, 0.15) is 57.4 Å². The fourth-order valence-electron chi connectivity index (χ4n) is 2.70. The van der Waals surface area contributed by atoms with E-state index in [0.717, 1.165) is 11.6 Å². The van der Waals surface area contributed by atoms with E-state index in [9.17, 15) is 0 Å². The van der Waals surface area contributed by atoms with Crippen LogP contribution < -0.4 is 10.6 Å². The SMILES string of the molecule is CNc1ncnc(NC2CCCCC2)c1C(C)C. The van der Waals surface area contributed by atoms with Gasteiger partial charge in [-0.05, 0) is 18.8 Å². The van der Waals surface area contributed by atoms with Crippen LogP contribution in [0.25, 0.3) is 0 Å². The van der Waals surface area contributed by atoms with E-state index in [1.54, 1.807) is 6.33 Å². The lowest BCUT2D eigenvalue weighted by molar-refractivity contribution is 0.461. The van der Waals surface area contributed by atoms with Crippen LogP contribution in [0.3, 0.4) is 0 Å². The molecule has 1 saturated carbocycles. The Kier molecular flexibility index (Phi) is 4.39. The minimum absolute atomic E-state index is 0.416. The third kappa shape index (κ3) is 2.92. The van der Waals surface area contributed by atoms with Gasteiger partial charge in [0, 0.05) is 18.7 Å². The Morgan fingerprint density at radius 3 is 2.39 bits per heavy atom. The second-order valence-electron chi connectivity index (χ2n) is 5.37. The van der Waals surface area contributed by atoms with E-state index in [-0.39, 0.29) is 0 Å². The van der Waals surface area contributed by atoms with Gasteiger partial charge in [-0.15, -0.1) is 0 Å². The molecule has 1 fully saturated rings. The number of nitrogens with zero attached hydrogens (tertiary/aromatic N) is 2. The van der Waals surface area contributed by atoms with Gasteiger partial charge in [-0.1, -0.05) is 33.1 Å². The molecule has 0 amide bonds. The number of rotatable bonds is 4. The summed E-state index contributed by atoms with van der Waals surface area (Å²) in [5, 5.41) is 6.78. The van der Waals surface area contributed by atoms with Gasteiger partial charge in [0.05, 0.1) is 0 Å². The zero-order valence-corrected chi connectivity index (χ0v) is 11.7. The number of hydrogen-bond donors (Lipinski definition) is 2. The molecule has 0 radical (unpaired) electrons. The lowest BCUT2D eigenvalue weighted by Gasteiger charge is -2.25. The van der Waals surface area contributed by atoms with Gasteiger partial charge in [0.25, 0.3) is 0 Å². The van der Waals surface area contributed by atoms with Crippen LogP contribution in [-0.4, -0.2) is 23.1 Å². The van der Waals surface area contributed by atoms with Gasteiger partial charge in [0.1, 0.15) is 18.0 Å². The zero-order chi connectivity index (χ0) is 13.0. The summed E-state index contributed by atoms with van der Waals surface area (Å²) < 4.78 is 0. The quantitative estimate of drug-likeness (QED) is 0.857. The van der Waals surface area contributed by atoms with E-state index in [1.165, 1.54) is 37.7 Å². The summed E-state index contributed by atoms with van der Waals surface area (Å²) in [6.07, 6.45) is 8.20. The van der Waals surface area contributed by atoms with Gasteiger partial charge < -0.3 is 10.6 Å². The Bertz CT molecular complexity index is 383. The van der Waals surface area contributed by atoms with Crippen molar-refractivity contribution in [2.24, 2.45) is 0 Å². The highest BCUT2D eigenvalue weighted by atomic mass is 15.1. The van der Waals surface area contributed by atoms with Gasteiger partial charge in [0.15, 0.2) is 0 Å². The molecular formula is C14H24N4. The fraction of sp³-hybridized carbons (Fsp3) is 0.714. The van der Waals surface area contributed by atoms with E-state index < -0.39 is 0 Å². The van der Waals surface area contributed by atoms with Crippen molar-refractivity contribution in [3.8, 4) is 0 Å². The molecule has 1 aliphatic carbocycles. The molecule has 0 saturated heterocycles. The maximum absolute atomic E-state index is 4.44. The van der Waals surface area contributed by atoms with Crippen molar-refractivity contribution in [2.45, 2.75) is 57.9 Å². The van der Waals surface area contributed by atoms with Crippen LogP contribution in [0.15, 0.2) is 6.33 Å². The van der Waals surface area contributed by atoms with Crippen molar-refractivity contribution < 1.29 is 0 Å². The molecule has 100 valence electrons. The Balaban J connectivity index is 2.20. The third-order valence-electron chi connectivity index (χ3n) is 3.64. The first kappa shape index (κ1) is 13.1. The predicted molar refractivity (Wildman–Crippen MR) is 76.2 cm³/mol. The van der Waals surface area contributed by atoms with Crippen molar-refractivity contribution >= 4 is 11.6 Å². The topological polar surface area (TPSA) is 49.8 Å². The standard InChI is InChI=1S/C14H24N4/c1-10(2)12-13(15-3)16-9-17-14(12)18-11-7-5-4-6-8-11/h9-11H,4-8H2,1-3H3,(H2,15,16,17,18). The van der Waals surface area contributed by atoms with E-state index in [0.29, 0.717) is 12.0 Å². The van der Waals surface area contributed by atoms with Crippen LogP contribution in [0.5, 0.6) is 0 Å². The highest BCUT2D eigenvalue weighted by Gasteiger charge is 2.18. The summed E-state index contributed by atoms with van der Waals surface area (Å²) in [5.41, 5.74) is 1.20. The summed E-state index contributed by atoms with van der Waals surface area (Å²) in [4.78, 5) is 8.75. The van der Waals surface area contributed by atoms with Crippen LogP contribution in [-0.2, 0) is 0 Å². The minimum Gasteiger partial charge on any atom is -0.373 e. The molecule has 0 aromatic carbocycles. The van der Waals surface area contributed by atoms with E-state index in [2.05, 4.69) is 34.4 Å². The normalized spacial score (nSPS) is 16.9. The van der Waals surface area contributed by atoms with E-state index in [1.807, 2.05) is 7.05 Å². The van der Waals surface area contributed by atoms with E-state index >= 15 is 0 Å². The molecule has 4 heteroatoms. The van der Waals surface area contributed by atoms with Gasteiger partial charge in [-0.2, -0.15) is 0 Å². The minimum atomic E-state index is 0.416. The Morgan fingerprint density at radius 1 is 1.11 bits per heavy atom. The summed E-state index contributed by atoms with van der Waals surface area (Å²) >= 11 is 0. The fourth-order valence-corrected chi connectivity index (χ4v) is 2.70. The molecule has 4 nitrogen and oxygen atoms in total. The Hall–Kier alpha value is -1.32. The highest BCUT2D eigenvalue weighted by molar-refractivity contribution is 5.59. The number of aromatic nitrogens is 2. The van der Waals surface area contributed by atoms with Gasteiger partial charge in [-0.25, -0.2) is 9.97 Å². The van der Waals surface area contributed by atoms with Crippen molar-refractivity contribution in [3.63, 3.8) is 0 Å². The molecule has 0 spiro atoms. The molecular weight excluding hydrogens is 224 g/mol. The zero-order valence-electron chi connectivity index (χ0n) is 11.7. The number of hydrogen-bond acceptors (Lipinski definition) is 4. The first-order valence-corrected chi connectivity index (χ1v) is 7.01. The Morgan fingerprint density at radius 2 is 1.78 bits per heavy atom. The molecule has 1 aromatic heterocycles. The molecule has 1 aliphatic rings. The van der Waals surface area contributed by atoms with Crippen molar-refractivity contribution in [3.05, 3.63) is 11.9 Å². The molecule has 1 aromatic rings. The molecule has 2 N–H and O–H groups in total. The molecule has 18 heavy (non-hydrogen) atoms. The van der Waals surface area contributed by atoms with Crippen LogP contribution in [0, 0.1) is 0 Å². The third-order valence-corrected chi connectivity index (χ3v) is 3.64. The molecule has 0 atom stereocenters. The van der Waals surface area contributed by atoms with Crippen molar-refractivity contribution in [1.29, 1.82) is 0 Å². The molecule has 0 bridgehead atoms. The lowest BCUT2D eigenvalue weighted by atomic mass is 9.95. The molecule has 0 aliphatic heterocycles. The number of nitrogens with one attached hydrogen (secondary N) is 2. The maximum Gasteiger partial charge on any atom is 0.135 e. The molecule has 0 unspecified atom stereocenters. The van der Waals surface area contributed by atoms with Crippen molar-refractivity contribution in [2.75, 3.05) is 17.7 Å². The first-order valence-electron chi connectivity index (χ1n) is 7.01. The average molecular weight is 248 g/mol. The van der Waals surface area contributed by atoms with Gasteiger partial charge in [-0.3, -0.25) is 0 Å². The number of anilines is 2. The summed E-state index contributed by atoms with van der Waals surface area (Å²) in [5.74, 6) is 2.37. The Labute approximate surface area is 110 Å². The highest BCUT2D eigenvalue weighted by Crippen LogP contribution is 2.30. The molecule has 1 heterocycles. The smallest absolute Gasteiger partial charge is 0.135 e. The van der Waals surface area contributed by atoms with Gasteiger partial charge in [0.2, 0.25) is 0 Å². The van der Waals surface area contributed by atoms with Gasteiger partial charge >= 0.3 is 0 Å². The second kappa shape index (κ2) is 6.03. The molecule has 2 rings (SSSR count). The second-order valence-corrected chi connectivity index (χ2v) is 5.37. The average Bonchev–Trinajstić information content (AvgIpc) is 2.39. The first-order chi connectivity index (χ1) is 8.72. The summed E-state index contributed by atoms with van der Waals surface area (Å²) in [6, 6.07) is 0.579. The van der Waals surface area contributed by atoms with Crippen LogP contribution in [0.2, 0.25) is 0 Å². The van der Waals surface area contributed by atoms with Crippen LogP contribution in [0.4, 0.5) is 11.6 Å². The van der Waals surface area contributed by atoms with Crippen molar-refractivity contribution in [1.82, 2.24) is 9.97 Å². The summed E-state index contributed by atoms with van der Waals surface area (Å²) in [7, 11) is 1.92. The van der Waals surface area contributed by atoms with Crippen LogP contribution >= 0.6 is 0 Å². The summed E-state index contributed by atoms with van der Waals surface area (Å²) in [6.45, 7) is 4.37.